The van der Waals surface area contributed by atoms with Crippen LogP contribution in [0, 0.1) is 0 Å². The number of nitrogens with two attached hydrogens (primary N) is 1. The molecule has 33 heavy (non-hydrogen) atoms. The number of aromatic nitrogens is 2. The van der Waals surface area contributed by atoms with Gasteiger partial charge < -0.3 is 15.2 Å². The SMILES string of the molecule is COc1cc(C=Nn2c(-c3ccccc3)nc3ccccc3c2=O)c(Br)cc1OCC(N)=O. The molecule has 4 aromatic rings. The molecule has 0 unspecified atom stereocenters. The average molecular weight is 507 g/mol. The van der Waals surface area contributed by atoms with Crippen LogP contribution in [-0.2, 0) is 4.79 Å². The van der Waals surface area contributed by atoms with Crippen LogP contribution in [-0.4, -0.2) is 35.5 Å². The van der Waals surface area contributed by atoms with Crippen molar-refractivity contribution in [1.82, 2.24) is 9.66 Å². The monoisotopic (exact) mass is 506 g/mol. The highest BCUT2D eigenvalue weighted by molar-refractivity contribution is 9.10. The van der Waals surface area contributed by atoms with Gasteiger partial charge in [0.2, 0.25) is 0 Å². The molecule has 3 aromatic carbocycles. The second-order valence-corrected chi connectivity index (χ2v) is 7.81. The van der Waals surface area contributed by atoms with Crippen molar-refractivity contribution in [2.45, 2.75) is 0 Å². The fraction of sp³-hybridized carbons (Fsp3) is 0.0833. The van der Waals surface area contributed by atoms with Crippen LogP contribution in [0.3, 0.4) is 0 Å². The van der Waals surface area contributed by atoms with Crippen LogP contribution in [0.25, 0.3) is 22.3 Å². The number of para-hydroxylation sites is 1. The number of amides is 1. The Morgan fingerprint density at radius 1 is 1.12 bits per heavy atom. The lowest BCUT2D eigenvalue weighted by Crippen LogP contribution is -2.20. The number of nitrogens with zero attached hydrogens (tertiary/aromatic N) is 3. The van der Waals surface area contributed by atoms with Crippen LogP contribution in [0.2, 0.25) is 0 Å². The molecule has 0 fully saturated rings. The number of rotatable bonds is 7. The Hall–Kier alpha value is -3.98. The maximum absolute atomic E-state index is 13.3. The Bertz CT molecular complexity index is 1420. The second-order valence-electron chi connectivity index (χ2n) is 6.96. The molecule has 8 nitrogen and oxygen atoms in total. The first-order chi connectivity index (χ1) is 16.0. The quantitative estimate of drug-likeness (QED) is 0.385. The fourth-order valence-corrected chi connectivity index (χ4v) is 3.62. The number of hydrogen-bond acceptors (Lipinski definition) is 6. The van der Waals surface area contributed by atoms with Gasteiger partial charge in [0.05, 0.1) is 24.2 Å². The van der Waals surface area contributed by atoms with Crippen molar-refractivity contribution >= 4 is 39.0 Å². The van der Waals surface area contributed by atoms with E-state index in [-0.39, 0.29) is 12.2 Å². The summed E-state index contributed by atoms with van der Waals surface area (Å²) in [5, 5.41) is 4.92. The van der Waals surface area contributed by atoms with Gasteiger partial charge in [0, 0.05) is 15.6 Å². The Balaban J connectivity index is 1.82. The number of primary amides is 1. The van der Waals surface area contributed by atoms with Gasteiger partial charge in [0.1, 0.15) is 0 Å². The first-order valence-corrected chi connectivity index (χ1v) is 10.7. The lowest BCUT2D eigenvalue weighted by atomic mass is 10.2. The van der Waals surface area contributed by atoms with Crippen LogP contribution < -0.4 is 20.8 Å². The van der Waals surface area contributed by atoms with E-state index in [0.29, 0.717) is 38.3 Å². The van der Waals surface area contributed by atoms with Crippen LogP contribution in [0.1, 0.15) is 5.56 Å². The van der Waals surface area contributed by atoms with E-state index in [0.717, 1.165) is 5.56 Å². The van der Waals surface area contributed by atoms with E-state index < -0.39 is 5.91 Å². The number of halogens is 1. The largest absolute Gasteiger partial charge is 0.493 e. The van der Waals surface area contributed by atoms with Crippen molar-refractivity contribution in [1.29, 1.82) is 0 Å². The smallest absolute Gasteiger partial charge is 0.282 e. The first kappa shape index (κ1) is 22.2. The number of carbonyl (C=O) groups excluding carboxylic acids is 1. The summed E-state index contributed by atoms with van der Waals surface area (Å²) in [6.45, 7) is -0.283. The molecule has 1 heterocycles. The molecule has 0 saturated carbocycles. The number of carbonyl (C=O) groups is 1. The summed E-state index contributed by atoms with van der Waals surface area (Å²) in [5.74, 6) is 0.540. The molecule has 0 aliphatic carbocycles. The maximum Gasteiger partial charge on any atom is 0.282 e. The minimum Gasteiger partial charge on any atom is -0.493 e. The van der Waals surface area contributed by atoms with Gasteiger partial charge >= 0.3 is 0 Å². The van der Waals surface area contributed by atoms with Gasteiger partial charge in [-0.05, 0) is 40.2 Å². The van der Waals surface area contributed by atoms with Gasteiger partial charge in [0.25, 0.3) is 11.5 Å². The average Bonchev–Trinajstić information content (AvgIpc) is 2.83. The zero-order valence-corrected chi connectivity index (χ0v) is 19.2. The van der Waals surface area contributed by atoms with Crippen LogP contribution in [0.15, 0.2) is 81.1 Å². The molecule has 0 spiro atoms. The van der Waals surface area contributed by atoms with E-state index in [1.807, 2.05) is 36.4 Å². The third-order valence-corrected chi connectivity index (χ3v) is 5.44. The van der Waals surface area contributed by atoms with Crippen LogP contribution in [0.5, 0.6) is 11.5 Å². The molecule has 9 heteroatoms. The summed E-state index contributed by atoms with van der Waals surface area (Å²) in [7, 11) is 1.48. The van der Waals surface area contributed by atoms with Crippen molar-refractivity contribution < 1.29 is 14.3 Å². The van der Waals surface area contributed by atoms with Gasteiger partial charge in [-0.1, -0.05) is 42.5 Å². The van der Waals surface area contributed by atoms with E-state index >= 15 is 0 Å². The lowest BCUT2D eigenvalue weighted by molar-refractivity contribution is -0.119. The van der Waals surface area contributed by atoms with Gasteiger partial charge in [-0.25, -0.2) is 4.98 Å². The molecule has 1 aromatic heterocycles. The number of methoxy groups -OCH3 is 1. The minimum atomic E-state index is -0.601. The maximum atomic E-state index is 13.3. The Morgan fingerprint density at radius 2 is 1.85 bits per heavy atom. The third kappa shape index (κ3) is 4.78. The van der Waals surface area contributed by atoms with Gasteiger partial charge in [-0.3, -0.25) is 9.59 Å². The second kappa shape index (κ2) is 9.66. The standard InChI is InChI=1S/C24H19BrN4O4/c1-32-20-11-16(18(25)12-21(20)33-14-22(26)30)13-27-29-23(15-7-3-2-4-8-15)28-19-10-6-5-9-17(19)24(29)31/h2-13H,14H2,1H3,(H2,26,30). The van der Waals surface area contributed by atoms with E-state index in [9.17, 15) is 9.59 Å². The molecule has 0 aliphatic rings. The number of hydrogen-bond donors (Lipinski definition) is 1. The van der Waals surface area contributed by atoms with E-state index in [2.05, 4.69) is 26.0 Å². The molecule has 166 valence electrons. The minimum absolute atomic E-state index is 0.283. The summed E-state index contributed by atoms with van der Waals surface area (Å²) in [4.78, 5) is 29.0. The molecule has 0 aliphatic heterocycles. The summed E-state index contributed by atoms with van der Waals surface area (Å²) >= 11 is 3.47. The molecular formula is C24H19BrN4O4. The van der Waals surface area contributed by atoms with E-state index in [1.165, 1.54) is 18.0 Å². The molecule has 1 amide bonds. The molecular weight excluding hydrogens is 488 g/mol. The van der Waals surface area contributed by atoms with Crippen LogP contribution in [0.4, 0.5) is 0 Å². The zero-order chi connectivity index (χ0) is 23.4. The Kier molecular flexibility index (Phi) is 6.50. The van der Waals surface area contributed by atoms with E-state index in [4.69, 9.17) is 15.2 Å². The predicted molar refractivity (Wildman–Crippen MR) is 130 cm³/mol. The fourth-order valence-electron chi connectivity index (χ4n) is 3.20. The van der Waals surface area contributed by atoms with Gasteiger partial charge in [-0.2, -0.15) is 9.78 Å². The summed E-state index contributed by atoms with van der Waals surface area (Å²) in [5.41, 5.74) is 6.83. The molecule has 0 radical (unpaired) electrons. The Morgan fingerprint density at radius 3 is 2.58 bits per heavy atom. The highest BCUT2D eigenvalue weighted by Crippen LogP contribution is 2.33. The third-order valence-electron chi connectivity index (χ3n) is 4.75. The summed E-state index contributed by atoms with van der Waals surface area (Å²) in [6.07, 6.45) is 1.52. The zero-order valence-electron chi connectivity index (χ0n) is 17.6. The normalized spacial score (nSPS) is 11.1. The lowest BCUT2D eigenvalue weighted by Gasteiger charge is -2.12. The number of benzene rings is 3. The van der Waals surface area contributed by atoms with Crippen LogP contribution >= 0.6 is 15.9 Å². The molecule has 4 rings (SSSR count). The van der Waals surface area contributed by atoms with Crippen molar-refractivity contribution in [2.75, 3.05) is 13.7 Å². The molecule has 2 N–H and O–H groups in total. The summed E-state index contributed by atoms with van der Waals surface area (Å²) < 4.78 is 12.6. The Labute approximate surface area is 197 Å². The number of fused-ring (bicyclic) bond motifs is 1. The highest BCUT2D eigenvalue weighted by Gasteiger charge is 2.14. The molecule has 0 atom stereocenters. The molecule has 0 saturated heterocycles. The van der Waals surface area contributed by atoms with Crippen molar-refractivity contribution in [3.63, 3.8) is 0 Å². The van der Waals surface area contributed by atoms with Crippen molar-refractivity contribution in [3.05, 3.63) is 87.1 Å². The highest BCUT2D eigenvalue weighted by atomic mass is 79.9. The molecule has 0 bridgehead atoms. The van der Waals surface area contributed by atoms with E-state index in [1.54, 1.807) is 30.3 Å². The van der Waals surface area contributed by atoms with Crippen molar-refractivity contribution in [3.8, 4) is 22.9 Å². The van der Waals surface area contributed by atoms with Crippen molar-refractivity contribution in [2.24, 2.45) is 10.8 Å². The topological polar surface area (TPSA) is 109 Å². The number of ether oxygens (including phenoxy) is 2. The first-order valence-electron chi connectivity index (χ1n) is 9.88. The van der Waals surface area contributed by atoms with Gasteiger partial charge in [0.15, 0.2) is 23.9 Å². The predicted octanol–water partition coefficient (Wildman–Crippen LogP) is 3.58. The van der Waals surface area contributed by atoms with Gasteiger partial charge in [-0.15, -0.1) is 0 Å². The summed E-state index contributed by atoms with van der Waals surface area (Å²) in [6, 6.07) is 19.8.